The summed E-state index contributed by atoms with van der Waals surface area (Å²) in [4.78, 5) is 6.41. The van der Waals surface area contributed by atoms with Crippen LogP contribution in [0.3, 0.4) is 0 Å². The molecular formula is C10H16F3N3S. The van der Waals surface area contributed by atoms with Crippen molar-refractivity contribution < 1.29 is 13.2 Å². The van der Waals surface area contributed by atoms with E-state index < -0.39 is 12.7 Å². The van der Waals surface area contributed by atoms with Gasteiger partial charge >= 0.3 is 6.18 Å². The van der Waals surface area contributed by atoms with Gasteiger partial charge in [-0.3, -0.25) is 0 Å². The number of hydrogen-bond donors (Lipinski definition) is 1. The Morgan fingerprint density at radius 3 is 2.53 bits per heavy atom. The number of thiazole rings is 1. The van der Waals surface area contributed by atoms with Crippen molar-refractivity contribution in [2.24, 2.45) is 0 Å². The quantitative estimate of drug-likeness (QED) is 0.888. The maximum absolute atomic E-state index is 12.4. The van der Waals surface area contributed by atoms with E-state index in [0.717, 1.165) is 10.6 Å². The average molecular weight is 267 g/mol. The predicted octanol–water partition coefficient (Wildman–Crippen LogP) is 2.56. The Hall–Kier alpha value is -0.820. The van der Waals surface area contributed by atoms with E-state index in [9.17, 15) is 13.2 Å². The third-order valence-electron chi connectivity index (χ3n) is 2.24. The van der Waals surface area contributed by atoms with Crippen LogP contribution in [-0.2, 0) is 6.54 Å². The lowest BCUT2D eigenvalue weighted by Crippen LogP contribution is -2.33. The van der Waals surface area contributed by atoms with Crippen molar-refractivity contribution in [2.75, 3.05) is 25.0 Å². The molecular weight excluding hydrogens is 251 g/mol. The second kappa shape index (κ2) is 5.68. The molecule has 0 saturated heterocycles. The first-order chi connectivity index (χ1) is 7.87. The van der Waals surface area contributed by atoms with Crippen LogP contribution in [0.4, 0.5) is 18.3 Å². The molecule has 1 N–H and O–H groups in total. The summed E-state index contributed by atoms with van der Waals surface area (Å²) in [5.74, 6) is 0. The van der Waals surface area contributed by atoms with Gasteiger partial charge in [0.2, 0.25) is 0 Å². The van der Waals surface area contributed by atoms with Crippen LogP contribution in [0.25, 0.3) is 0 Å². The number of alkyl halides is 3. The van der Waals surface area contributed by atoms with Crippen molar-refractivity contribution in [3.05, 3.63) is 10.6 Å². The monoisotopic (exact) mass is 267 g/mol. The van der Waals surface area contributed by atoms with Gasteiger partial charge in [-0.25, -0.2) is 4.98 Å². The summed E-state index contributed by atoms with van der Waals surface area (Å²) in [6.45, 7) is 3.49. The van der Waals surface area contributed by atoms with Crippen LogP contribution in [0, 0.1) is 6.92 Å². The minimum absolute atomic E-state index is 0.297. The van der Waals surface area contributed by atoms with Gasteiger partial charge in [0, 0.05) is 18.0 Å². The van der Waals surface area contributed by atoms with Crippen LogP contribution in [0.15, 0.2) is 0 Å². The largest absolute Gasteiger partial charge is 0.406 e. The van der Waals surface area contributed by atoms with E-state index in [4.69, 9.17) is 0 Å². The normalized spacial score (nSPS) is 11.9. The number of hydrogen-bond acceptors (Lipinski definition) is 4. The zero-order valence-corrected chi connectivity index (χ0v) is 10.9. The SMILES string of the molecule is CCN(CC(F)(F)F)c1nc(C)c(CNC)s1. The fourth-order valence-electron chi connectivity index (χ4n) is 1.40. The molecule has 98 valence electrons. The highest BCUT2D eigenvalue weighted by Crippen LogP contribution is 2.28. The van der Waals surface area contributed by atoms with Crippen LogP contribution >= 0.6 is 11.3 Å². The van der Waals surface area contributed by atoms with Gasteiger partial charge in [-0.1, -0.05) is 0 Å². The zero-order valence-electron chi connectivity index (χ0n) is 10.1. The van der Waals surface area contributed by atoms with Gasteiger partial charge in [0.15, 0.2) is 5.13 Å². The fraction of sp³-hybridized carbons (Fsp3) is 0.700. The highest BCUT2D eigenvalue weighted by Gasteiger charge is 2.31. The van der Waals surface area contributed by atoms with E-state index in [-0.39, 0.29) is 0 Å². The van der Waals surface area contributed by atoms with Crippen LogP contribution < -0.4 is 10.2 Å². The van der Waals surface area contributed by atoms with Gasteiger partial charge in [-0.05, 0) is 20.9 Å². The molecule has 0 aliphatic carbocycles. The molecule has 1 rings (SSSR count). The molecule has 0 bridgehead atoms. The molecule has 0 fully saturated rings. The molecule has 0 aliphatic heterocycles. The molecule has 7 heteroatoms. The van der Waals surface area contributed by atoms with E-state index in [1.807, 2.05) is 6.92 Å². The lowest BCUT2D eigenvalue weighted by molar-refractivity contribution is -0.119. The minimum atomic E-state index is -4.20. The number of halogens is 3. The number of rotatable bonds is 5. The van der Waals surface area contributed by atoms with Gasteiger partial charge in [-0.2, -0.15) is 13.2 Å². The molecule has 0 radical (unpaired) electrons. The van der Waals surface area contributed by atoms with E-state index in [0.29, 0.717) is 18.2 Å². The second-order valence-corrected chi connectivity index (χ2v) is 4.73. The third-order valence-corrected chi connectivity index (χ3v) is 3.46. The highest BCUT2D eigenvalue weighted by molar-refractivity contribution is 7.15. The van der Waals surface area contributed by atoms with Gasteiger partial charge in [-0.15, -0.1) is 11.3 Å². The summed E-state index contributed by atoms with van der Waals surface area (Å²) in [6, 6.07) is 0. The smallest absolute Gasteiger partial charge is 0.339 e. The Labute approximate surface area is 103 Å². The second-order valence-electron chi connectivity index (χ2n) is 3.66. The summed E-state index contributed by atoms with van der Waals surface area (Å²) < 4.78 is 37.1. The zero-order chi connectivity index (χ0) is 13.1. The molecule has 0 spiro atoms. The standard InChI is InChI=1S/C10H16F3N3S/c1-4-16(6-10(11,12)13)9-15-7(2)8(17-9)5-14-3/h14H,4-6H2,1-3H3. The molecule has 0 amide bonds. The van der Waals surface area contributed by atoms with Crippen LogP contribution in [0.5, 0.6) is 0 Å². The Kier molecular flexibility index (Phi) is 4.76. The number of anilines is 1. The first-order valence-electron chi connectivity index (χ1n) is 5.30. The molecule has 17 heavy (non-hydrogen) atoms. The number of nitrogens with one attached hydrogen (secondary N) is 1. The Bertz CT molecular complexity index is 362. The van der Waals surface area contributed by atoms with E-state index >= 15 is 0 Å². The molecule has 0 saturated carbocycles. The average Bonchev–Trinajstić information content (AvgIpc) is 2.56. The summed E-state index contributed by atoms with van der Waals surface area (Å²) in [5.41, 5.74) is 0.792. The van der Waals surface area contributed by atoms with Gasteiger partial charge < -0.3 is 10.2 Å². The number of aromatic nitrogens is 1. The van der Waals surface area contributed by atoms with Crippen molar-refractivity contribution in [3.8, 4) is 0 Å². The first-order valence-corrected chi connectivity index (χ1v) is 6.11. The minimum Gasteiger partial charge on any atom is -0.339 e. The van der Waals surface area contributed by atoms with Crippen molar-refractivity contribution in [3.63, 3.8) is 0 Å². The molecule has 0 atom stereocenters. The lowest BCUT2D eigenvalue weighted by atomic mass is 10.4. The van der Waals surface area contributed by atoms with Gasteiger partial charge in [0.1, 0.15) is 6.54 Å². The molecule has 0 aliphatic rings. The lowest BCUT2D eigenvalue weighted by Gasteiger charge is -2.21. The Balaban J connectivity index is 2.85. The number of nitrogens with zero attached hydrogens (tertiary/aromatic N) is 2. The molecule has 0 unspecified atom stereocenters. The summed E-state index contributed by atoms with van der Waals surface area (Å²) in [7, 11) is 1.80. The van der Waals surface area contributed by atoms with Crippen LogP contribution in [-0.4, -0.2) is 31.3 Å². The fourth-order valence-corrected chi connectivity index (χ4v) is 2.54. The summed E-state index contributed by atoms with van der Waals surface area (Å²) in [6.07, 6.45) is -4.20. The molecule has 3 nitrogen and oxygen atoms in total. The Morgan fingerprint density at radius 2 is 2.06 bits per heavy atom. The summed E-state index contributed by atoms with van der Waals surface area (Å²) >= 11 is 1.31. The number of aryl methyl sites for hydroxylation is 1. The van der Waals surface area contributed by atoms with Crippen LogP contribution in [0.1, 0.15) is 17.5 Å². The predicted molar refractivity (Wildman–Crippen MR) is 63.6 cm³/mol. The molecule has 1 aromatic rings. The Morgan fingerprint density at radius 1 is 1.41 bits per heavy atom. The van der Waals surface area contributed by atoms with Crippen molar-refractivity contribution in [1.29, 1.82) is 0 Å². The molecule has 1 aromatic heterocycles. The van der Waals surface area contributed by atoms with Crippen molar-refractivity contribution in [1.82, 2.24) is 10.3 Å². The highest BCUT2D eigenvalue weighted by atomic mass is 32.1. The van der Waals surface area contributed by atoms with Gasteiger partial charge in [0.05, 0.1) is 5.69 Å². The first kappa shape index (κ1) is 14.2. The van der Waals surface area contributed by atoms with E-state index in [2.05, 4.69) is 10.3 Å². The maximum Gasteiger partial charge on any atom is 0.406 e. The maximum atomic E-state index is 12.4. The van der Waals surface area contributed by atoms with E-state index in [1.54, 1.807) is 14.0 Å². The van der Waals surface area contributed by atoms with E-state index in [1.165, 1.54) is 16.2 Å². The van der Waals surface area contributed by atoms with Crippen molar-refractivity contribution >= 4 is 16.5 Å². The van der Waals surface area contributed by atoms with Crippen LogP contribution in [0.2, 0.25) is 0 Å². The summed E-state index contributed by atoms with van der Waals surface area (Å²) in [5, 5.41) is 3.41. The van der Waals surface area contributed by atoms with Crippen molar-refractivity contribution in [2.45, 2.75) is 26.6 Å². The van der Waals surface area contributed by atoms with Gasteiger partial charge in [0.25, 0.3) is 0 Å². The molecule has 0 aromatic carbocycles. The third kappa shape index (κ3) is 4.16. The topological polar surface area (TPSA) is 28.2 Å². The molecule has 1 heterocycles.